The lowest BCUT2D eigenvalue weighted by Gasteiger charge is -2.33. The molecule has 0 spiro atoms. The Bertz CT molecular complexity index is 3880. The number of hydrogen-bond acceptors (Lipinski definition) is 7. The number of hydrogen-bond donors (Lipinski definition) is 1. The van der Waals surface area contributed by atoms with Crippen LogP contribution in [0.1, 0.15) is 0 Å². The first-order valence-electron chi connectivity index (χ1n) is 26.5. The maximum absolute atomic E-state index is 6.91. The Labute approximate surface area is 476 Å². The lowest BCUT2D eigenvalue weighted by molar-refractivity contribution is 0.482. The van der Waals surface area contributed by atoms with E-state index >= 15 is 0 Å². The second-order valence-electron chi connectivity index (χ2n) is 18.9. The molecule has 0 fully saturated rings. The quantitative estimate of drug-likeness (QED) is 0.0918. The van der Waals surface area contributed by atoms with Crippen LogP contribution >= 0.6 is 15.9 Å². The fourth-order valence-corrected chi connectivity index (χ4v) is 10.4. The van der Waals surface area contributed by atoms with Gasteiger partial charge >= 0.3 is 0 Å². The second-order valence-corrected chi connectivity index (χ2v) is 19.8. The van der Waals surface area contributed by atoms with Gasteiger partial charge in [-0.1, -0.05) is 162 Å². The zero-order valence-corrected chi connectivity index (χ0v) is 45.2. The number of nitrogens with one attached hydrogen (secondary N) is 1. The molecule has 0 aromatic heterocycles. The summed E-state index contributed by atoms with van der Waals surface area (Å²) < 4.78 is 14.5. The highest BCUT2D eigenvalue weighted by Crippen LogP contribution is 2.47. The van der Waals surface area contributed by atoms with Crippen molar-refractivity contribution in [3.63, 3.8) is 0 Å². The minimum absolute atomic E-state index is 0.675. The van der Waals surface area contributed by atoms with Crippen LogP contribution in [0.15, 0.2) is 326 Å². The zero-order chi connectivity index (χ0) is 53.9. The molecule has 0 radical (unpaired) electrons. The molecule has 7 nitrogen and oxygen atoms in total. The van der Waals surface area contributed by atoms with Crippen LogP contribution in [0, 0.1) is 0 Å². The van der Waals surface area contributed by atoms with Crippen LogP contribution < -0.4 is 34.4 Å². The number of para-hydroxylation sites is 7. The molecular formula is C72H54BrN5O2. The summed E-state index contributed by atoms with van der Waals surface area (Å²) in [5.74, 6) is 2.77. The minimum Gasteiger partial charge on any atom is -0.457 e. The Kier molecular flexibility index (Phi) is 15.1. The molecule has 80 heavy (non-hydrogen) atoms. The highest BCUT2D eigenvalue weighted by Gasteiger charge is 2.23. The van der Waals surface area contributed by atoms with E-state index in [2.05, 4.69) is 277 Å². The third kappa shape index (κ3) is 11.8. The molecule has 0 aliphatic heterocycles. The Morgan fingerprint density at radius 2 is 0.487 bits per heavy atom. The van der Waals surface area contributed by atoms with E-state index in [0.717, 1.165) is 84.1 Å². The predicted molar refractivity (Wildman–Crippen MR) is 336 cm³/mol. The van der Waals surface area contributed by atoms with E-state index in [0.29, 0.717) is 23.0 Å². The summed E-state index contributed by atoms with van der Waals surface area (Å²) in [6, 6.07) is 111. The van der Waals surface area contributed by atoms with Gasteiger partial charge in [0.2, 0.25) is 0 Å². The first-order chi connectivity index (χ1) is 39.5. The smallest absolute Gasteiger partial charge is 0.130 e. The number of rotatable bonds is 18. The Balaban J connectivity index is 0.985. The average Bonchev–Trinajstić information content (AvgIpc) is 3.50. The zero-order valence-electron chi connectivity index (χ0n) is 43.6. The van der Waals surface area contributed by atoms with E-state index in [1.165, 1.54) is 0 Å². The fourth-order valence-electron chi connectivity index (χ4n) is 9.92. The van der Waals surface area contributed by atoms with Crippen molar-refractivity contribution in [2.45, 2.75) is 0 Å². The molecule has 0 saturated carbocycles. The van der Waals surface area contributed by atoms with Gasteiger partial charge in [-0.25, -0.2) is 0 Å². The summed E-state index contributed by atoms with van der Waals surface area (Å²) >= 11 is 3.84. The summed E-state index contributed by atoms with van der Waals surface area (Å²) in [6.45, 7) is 0. The van der Waals surface area contributed by atoms with Crippen molar-refractivity contribution in [1.82, 2.24) is 0 Å². The maximum Gasteiger partial charge on any atom is 0.130 e. The van der Waals surface area contributed by atoms with Gasteiger partial charge in [0.25, 0.3) is 0 Å². The molecule has 8 heteroatoms. The van der Waals surface area contributed by atoms with E-state index in [4.69, 9.17) is 9.47 Å². The third-order valence-corrected chi connectivity index (χ3v) is 13.8. The Hall–Kier alpha value is -10.3. The molecule has 12 aromatic carbocycles. The molecular weight excluding hydrogens is 1050 g/mol. The van der Waals surface area contributed by atoms with Gasteiger partial charge in [-0.2, -0.15) is 0 Å². The van der Waals surface area contributed by atoms with Gasteiger partial charge in [-0.05, 0) is 152 Å². The van der Waals surface area contributed by atoms with Crippen LogP contribution in [0.25, 0.3) is 0 Å². The van der Waals surface area contributed by atoms with Gasteiger partial charge in [-0.3, -0.25) is 0 Å². The summed E-state index contributed by atoms with van der Waals surface area (Å²) in [4.78, 5) is 9.14. The second kappa shape index (κ2) is 23.9. The summed E-state index contributed by atoms with van der Waals surface area (Å²) in [6.07, 6.45) is 0. The van der Waals surface area contributed by atoms with Crippen LogP contribution in [-0.2, 0) is 0 Å². The SMILES string of the molecule is Brc1cc(Oc2cccc(N(c3ccccc3)c3cc(N(c4ccccc4)c4ccccc4)cc(N(c4ccccc4)c4cccc(Oc5cccc(Nc6ccccc6)c5)c4)c3)c2)cc(N(c2ccccc2)c2ccccc2)c1. The van der Waals surface area contributed by atoms with Crippen molar-refractivity contribution < 1.29 is 9.47 Å². The first kappa shape index (κ1) is 50.5. The van der Waals surface area contributed by atoms with Gasteiger partial charge in [0.15, 0.2) is 0 Å². The van der Waals surface area contributed by atoms with E-state index in [1.54, 1.807) is 0 Å². The van der Waals surface area contributed by atoms with Crippen LogP contribution in [0.4, 0.5) is 79.6 Å². The van der Waals surface area contributed by atoms with Crippen LogP contribution in [0.5, 0.6) is 23.0 Å². The predicted octanol–water partition coefficient (Wildman–Crippen LogP) is 21.7. The maximum atomic E-state index is 6.91. The van der Waals surface area contributed by atoms with Crippen molar-refractivity contribution in [1.29, 1.82) is 0 Å². The molecule has 0 heterocycles. The average molecular weight is 1100 g/mol. The lowest BCUT2D eigenvalue weighted by Crippen LogP contribution is -2.16. The van der Waals surface area contributed by atoms with Crippen molar-refractivity contribution in [3.8, 4) is 23.0 Å². The van der Waals surface area contributed by atoms with Gasteiger partial charge < -0.3 is 34.4 Å². The lowest BCUT2D eigenvalue weighted by atomic mass is 10.1. The van der Waals surface area contributed by atoms with Crippen LogP contribution in [-0.4, -0.2) is 0 Å². The molecule has 0 aliphatic carbocycles. The summed E-state index contributed by atoms with van der Waals surface area (Å²) in [5, 5.41) is 3.50. The molecule has 12 aromatic rings. The molecule has 0 amide bonds. The number of benzene rings is 12. The molecule has 1 N–H and O–H groups in total. The molecule has 0 aliphatic rings. The number of anilines is 14. The molecule has 12 rings (SSSR count). The van der Waals surface area contributed by atoms with E-state index in [9.17, 15) is 0 Å². The van der Waals surface area contributed by atoms with Crippen molar-refractivity contribution in [3.05, 3.63) is 326 Å². The van der Waals surface area contributed by atoms with E-state index < -0.39 is 0 Å². The highest BCUT2D eigenvalue weighted by atomic mass is 79.9. The van der Waals surface area contributed by atoms with Crippen LogP contribution in [0.3, 0.4) is 0 Å². The highest BCUT2D eigenvalue weighted by molar-refractivity contribution is 9.10. The van der Waals surface area contributed by atoms with Gasteiger partial charge in [0, 0.05) is 85.6 Å². The van der Waals surface area contributed by atoms with Crippen molar-refractivity contribution in [2.24, 2.45) is 0 Å². The summed E-state index contributed by atoms with van der Waals surface area (Å²) in [7, 11) is 0. The van der Waals surface area contributed by atoms with Crippen molar-refractivity contribution in [2.75, 3.05) is 24.9 Å². The summed E-state index contributed by atoms with van der Waals surface area (Å²) in [5.41, 5.74) is 13.5. The third-order valence-electron chi connectivity index (χ3n) is 13.4. The number of ether oxygens (including phenoxy) is 2. The van der Waals surface area contributed by atoms with Crippen molar-refractivity contribution >= 4 is 95.6 Å². The largest absolute Gasteiger partial charge is 0.457 e. The number of nitrogens with zero attached hydrogens (tertiary/aromatic N) is 4. The normalized spacial score (nSPS) is 10.8. The Morgan fingerprint density at radius 1 is 0.212 bits per heavy atom. The molecule has 0 saturated heterocycles. The first-order valence-corrected chi connectivity index (χ1v) is 27.3. The number of halogens is 1. The van der Waals surface area contributed by atoms with Gasteiger partial charge in [0.05, 0.1) is 22.7 Å². The molecule has 0 atom stereocenters. The minimum atomic E-state index is 0.675. The molecule has 0 bridgehead atoms. The Morgan fingerprint density at radius 3 is 0.875 bits per heavy atom. The molecule has 386 valence electrons. The van der Waals surface area contributed by atoms with E-state index in [1.807, 2.05) is 84.9 Å². The van der Waals surface area contributed by atoms with Gasteiger partial charge in [-0.15, -0.1) is 0 Å². The molecule has 0 unspecified atom stereocenters. The monoisotopic (exact) mass is 1100 g/mol. The van der Waals surface area contributed by atoms with Crippen LogP contribution in [0.2, 0.25) is 0 Å². The topological polar surface area (TPSA) is 43.5 Å². The standard InChI is InChI=1S/C72H54BrN5O2/c73-54-45-65(75(57-28-10-2-11-29-57)58-30-12-3-13-31-58)53-72(46-54)80-71-44-24-41-64(52-71)78(62-38-20-7-21-39-62)68-49-66(76(59-32-14-4-15-33-59)60-34-16-5-17-35-60)48-67(50-68)77(61-36-18-6-19-37-61)63-40-23-43-70(51-63)79-69-42-22-27-56(47-69)74-55-25-8-1-9-26-55/h1-53,74H. The fraction of sp³-hybridized carbons (Fsp3) is 0. The van der Waals surface area contributed by atoms with E-state index in [-0.39, 0.29) is 0 Å². The van der Waals surface area contributed by atoms with Gasteiger partial charge in [0.1, 0.15) is 23.0 Å².